The number of anilines is 1. The maximum Gasteiger partial charge on any atom is 0.251 e. The molecule has 0 aliphatic rings. The number of hydrogen-bond acceptors (Lipinski definition) is 2. The van der Waals surface area contributed by atoms with Crippen LogP contribution >= 0.6 is 11.6 Å². The Labute approximate surface area is 114 Å². The summed E-state index contributed by atoms with van der Waals surface area (Å²) in [5.74, 6) is 0.347. The van der Waals surface area contributed by atoms with Gasteiger partial charge in [0.25, 0.3) is 5.91 Å². The number of amides is 1. The van der Waals surface area contributed by atoms with Crippen LogP contribution in [-0.4, -0.2) is 12.5 Å². The van der Waals surface area contributed by atoms with Gasteiger partial charge in [-0.1, -0.05) is 39.3 Å². The lowest BCUT2D eigenvalue weighted by Gasteiger charge is -2.29. The van der Waals surface area contributed by atoms with Gasteiger partial charge < -0.3 is 11.1 Å². The molecule has 0 heterocycles. The van der Waals surface area contributed by atoms with Gasteiger partial charge in [0, 0.05) is 22.8 Å². The van der Waals surface area contributed by atoms with Gasteiger partial charge in [-0.05, 0) is 29.5 Å². The molecule has 4 heteroatoms. The fourth-order valence-corrected chi connectivity index (χ4v) is 1.60. The van der Waals surface area contributed by atoms with Crippen molar-refractivity contribution in [2.45, 2.75) is 27.7 Å². The summed E-state index contributed by atoms with van der Waals surface area (Å²) in [4.78, 5) is 12.0. The van der Waals surface area contributed by atoms with Crippen LogP contribution in [0, 0.1) is 11.3 Å². The average molecular weight is 269 g/mol. The smallest absolute Gasteiger partial charge is 0.251 e. The van der Waals surface area contributed by atoms with Gasteiger partial charge in [-0.15, -0.1) is 0 Å². The van der Waals surface area contributed by atoms with E-state index in [4.69, 9.17) is 17.3 Å². The van der Waals surface area contributed by atoms with Gasteiger partial charge in [-0.25, -0.2) is 0 Å². The molecular weight excluding hydrogens is 248 g/mol. The zero-order valence-electron chi connectivity index (χ0n) is 11.4. The first-order valence-corrected chi connectivity index (χ1v) is 6.44. The Hall–Kier alpha value is -1.22. The SMILES string of the molecule is CC(C)C(C)(C)CNC(=O)c1cc(N)cc(Cl)c1. The number of nitrogen functional groups attached to an aromatic ring is 1. The fourth-order valence-electron chi connectivity index (χ4n) is 1.36. The third-order valence-electron chi connectivity index (χ3n) is 3.45. The normalized spacial score (nSPS) is 11.7. The second-order valence-corrected chi connectivity index (χ2v) is 6.04. The summed E-state index contributed by atoms with van der Waals surface area (Å²) >= 11 is 5.87. The van der Waals surface area contributed by atoms with Crippen molar-refractivity contribution in [1.82, 2.24) is 5.32 Å². The maximum absolute atomic E-state index is 12.0. The van der Waals surface area contributed by atoms with Crippen molar-refractivity contribution in [1.29, 1.82) is 0 Å². The van der Waals surface area contributed by atoms with Crippen LogP contribution in [0.5, 0.6) is 0 Å². The quantitative estimate of drug-likeness (QED) is 0.823. The van der Waals surface area contributed by atoms with Crippen molar-refractivity contribution >= 4 is 23.2 Å². The van der Waals surface area contributed by atoms with E-state index < -0.39 is 0 Å². The highest BCUT2D eigenvalue weighted by Crippen LogP contribution is 2.25. The average Bonchev–Trinajstić information content (AvgIpc) is 2.24. The molecule has 1 aromatic carbocycles. The second kappa shape index (κ2) is 5.61. The van der Waals surface area contributed by atoms with Crippen LogP contribution in [0.4, 0.5) is 5.69 Å². The molecule has 1 aromatic rings. The van der Waals surface area contributed by atoms with Crippen LogP contribution in [-0.2, 0) is 0 Å². The summed E-state index contributed by atoms with van der Waals surface area (Å²) in [6.45, 7) is 9.16. The summed E-state index contributed by atoms with van der Waals surface area (Å²) in [5, 5.41) is 3.40. The highest BCUT2D eigenvalue weighted by Gasteiger charge is 2.23. The van der Waals surface area contributed by atoms with E-state index in [1.165, 1.54) is 0 Å². The van der Waals surface area contributed by atoms with Crippen LogP contribution in [0.15, 0.2) is 18.2 Å². The van der Waals surface area contributed by atoms with E-state index in [2.05, 4.69) is 33.0 Å². The first kappa shape index (κ1) is 14.8. The number of rotatable bonds is 4. The Kier molecular flexibility index (Phi) is 4.63. The van der Waals surface area contributed by atoms with Gasteiger partial charge in [-0.3, -0.25) is 4.79 Å². The van der Waals surface area contributed by atoms with Crippen LogP contribution in [0.2, 0.25) is 5.02 Å². The predicted molar refractivity (Wildman–Crippen MR) is 76.8 cm³/mol. The summed E-state index contributed by atoms with van der Waals surface area (Å²) in [6.07, 6.45) is 0. The van der Waals surface area contributed by atoms with Gasteiger partial charge >= 0.3 is 0 Å². The van der Waals surface area contributed by atoms with E-state index in [0.29, 0.717) is 28.7 Å². The Balaban J connectivity index is 2.72. The standard InChI is InChI=1S/C14H21ClN2O/c1-9(2)14(3,4)8-17-13(18)10-5-11(15)7-12(16)6-10/h5-7,9H,8,16H2,1-4H3,(H,17,18). The van der Waals surface area contributed by atoms with Gasteiger partial charge in [-0.2, -0.15) is 0 Å². The van der Waals surface area contributed by atoms with Crippen molar-refractivity contribution in [2.75, 3.05) is 12.3 Å². The second-order valence-electron chi connectivity index (χ2n) is 5.60. The molecule has 0 fully saturated rings. The van der Waals surface area contributed by atoms with E-state index in [9.17, 15) is 4.79 Å². The van der Waals surface area contributed by atoms with Crippen molar-refractivity contribution < 1.29 is 4.79 Å². The molecule has 1 rings (SSSR count). The zero-order valence-corrected chi connectivity index (χ0v) is 12.1. The molecule has 0 unspecified atom stereocenters. The minimum absolute atomic E-state index is 0.0553. The lowest BCUT2D eigenvalue weighted by atomic mass is 9.81. The largest absolute Gasteiger partial charge is 0.399 e. The topological polar surface area (TPSA) is 55.1 Å². The Morgan fingerprint density at radius 2 is 2.00 bits per heavy atom. The number of halogens is 1. The zero-order chi connectivity index (χ0) is 13.9. The van der Waals surface area contributed by atoms with Crippen molar-refractivity contribution in [3.05, 3.63) is 28.8 Å². The van der Waals surface area contributed by atoms with Crippen LogP contribution in [0.25, 0.3) is 0 Å². The van der Waals surface area contributed by atoms with Gasteiger partial charge in [0.1, 0.15) is 0 Å². The Bertz CT molecular complexity index is 421. The fraction of sp³-hybridized carbons (Fsp3) is 0.500. The summed E-state index contributed by atoms with van der Waals surface area (Å²) in [6, 6.07) is 4.87. The number of nitrogens with one attached hydrogen (secondary N) is 1. The molecule has 0 aliphatic carbocycles. The Morgan fingerprint density at radius 3 is 2.50 bits per heavy atom. The van der Waals surface area contributed by atoms with Crippen LogP contribution in [0.3, 0.4) is 0 Å². The van der Waals surface area contributed by atoms with E-state index >= 15 is 0 Å². The highest BCUT2D eigenvalue weighted by atomic mass is 35.5. The van der Waals surface area contributed by atoms with Crippen molar-refractivity contribution in [3.63, 3.8) is 0 Å². The molecule has 100 valence electrons. The van der Waals surface area contributed by atoms with E-state index in [1.807, 2.05) is 0 Å². The molecule has 0 aromatic heterocycles. The summed E-state index contributed by atoms with van der Waals surface area (Å²) in [7, 11) is 0. The third-order valence-corrected chi connectivity index (χ3v) is 3.67. The van der Waals surface area contributed by atoms with Gasteiger partial charge in [0.2, 0.25) is 0 Å². The van der Waals surface area contributed by atoms with Gasteiger partial charge in [0.15, 0.2) is 0 Å². The number of carbonyl (C=O) groups is 1. The molecule has 0 spiro atoms. The number of hydrogen-bond donors (Lipinski definition) is 2. The molecule has 0 aliphatic heterocycles. The van der Waals surface area contributed by atoms with E-state index in [1.54, 1.807) is 18.2 Å². The number of carbonyl (C=O) groups excluding carboxylic acids is 1. The van der Waals surface area contributed by atoms with Gasteiger partial charge in [0.05, 0.1) is 0 Å². The molecule has 18 heavy (non-hydrogen) atoms. The monoisotopic (exact) mass is 268 g/mol. The summed E-state index contributed by atoms with van der Waals surface area (Å²) in [5.41, 5.74) is 6.71. The molecule has 0 bridgehead atoms. The lowest BCUT2D eigenvalue weighted by Crippen LogP contribution is -2.37. The van der Waals surface area contributed by atoms with Crippen molar-refractivity contribution in [2.24, 2.45) is 11.3 Å². The Morgan fingerprint density at radius 1 is 1.39 bits per heavy atom. The lowest BCUT2D eigenvalue weighted by molar-refractivity contribution is 0.0925. The molecule has 0 atom stereocenters. The molecule has 3 nitrogen and oxygen atoms in total. The van der Waals surface area contributed by atoms with E-state index in [0.717, 1.165) is 0 Å². The number of benzene rings is 1. The number of nitrogens with two attached hydrogens (primary N) is 1. The molecule has 0 radical (unpaired) electrons. The van der Waals surface area contributed by atoms with Crippen LogP contribution in [0.1, 0.15) is 38.1 Å². The summed E-state index contributed by atoms with van der Waals surface area (Å²) < 4.78 is 0. The highest BCUT2D eigenvalue weighted by molar-refractivity contribution is 6.31. The first-order chi connectivity index (χ1) is 8.22. The molecular formula is C14H21ClN2O. The predicted octanol–water partition coefficient (Wildman–Crippen LogP) is 3.33. The molecule has 3 N–H and O–H groups in total. The molecule has 0 saturated carbocycles. The first-order valence-electron chi connectivity index (χ1n) is 6.06. The minimum atomic E-state index is -0.141. The van der Waals surface area contributed by atoms with Crippen LogP contribution < -0.4 is 11.1 Å². The third kappa shape index (κ3) is 3.91. The molecule has 0 saturated heterocycles. The minimum Gasteiger partial charge on any atom is -0.399 e. The molecule has 1 amide bonds. The van der Waals surface area contributed by atoms with Crippen molar-refractivity contribution in [3.8, 4) is 0 Å². The van der Waals surface area contributed by atoms with E-state index in [-0.39, 0.29) is 11.3 Å². The maximum atomic E-state index is 12.0.